The molecule has 56 heavy (non-hydrogen) atoms. The zero-order valence-corrected chi connectivity index (χ0v) is 31.9. The van der Waals surface area contributed by atoms with E-state index < -0.39 is 0 Å². The summed E-state index contributed by atoms with van der Waals surface area (Å²) in [6.07, 6.45) is 4.75. The van der Waals surface area contributed by atoms with Gasteiger partial charge in [-0.2, -0.15) is 0 Å². The van der Waals surface area contributed by atoms with Gasteiger partial charge in [0.1, 0.15) is 0 Å². The fourth-order valence-corrected chi connectivity index (χ4v) is 12.3. The van der Waals surface area contributed by atoms with Crippen molar-refractivity contribution in [3.8, 4) is 0 Å². The maximum atomic E-state index is 2.61. The molecule has 1 aromatic heterocycles. The van der Waals surface area contributed by atoms with Gasteiger partial charge in [0.25, 0.3) is 0 Å². The third kappa shape index (κ3) is 4.61. The molecule has 1 heterocycles. The van der Waals surface area contributed by atoms with E-state index in [4.69, 9.17) is 0 Å². The van der Waals surface area contributed by atoms with Gasteiger partial charge in [-0.15, -0.1) is 11.3 Å². The zero-order valence-electron chi connectivity index (χ0n) is 31.1. The average molecular weight is 737 g/mol. The monoisotopic (exact) mass is 736 g/mol. The standard InChI is InChI=1S/C53H40N2S/c1-3-17-41(18-4-1)54(42-19-5-2-6-20-42)47-22-11-15-37-31-39-26-27-40-32-38-16-12-23-48(52(38)53(39,40)51(37)47)55(43-28-25-35-13-7-8-14-36(35)33-43)44-29-30-46-45-21-9-10-24-49(45)56-50(46)34-44/h1-25,28-30,33-34,39-40H,26-27,31-32H2. The van der Waals surface area contributed by atoms with Crippen molar-refractivity contribution in [2.24, 2.45) is 11.8 Å². The minimum atomic E-state index is -0.101. The van der Waals surface area contributed by atoms with Crippen molar-refractivity contribution in [2.45, 2.75) is 31.1 Å². The molecule has 268 valence electrons. The Bertz CT molecular complexity index is 2920. The lowest BCUT2D eigenvalue weighted by Gasteiger charge is -2.40. The summed E-state index contributed by atoms with van der Waals surface area (Å²) in [5.74, 6) is 1.09. The maximum Gasteiger partial charge on any atom is 0.0505 e. The highest BCUT2D eigenvalue weighted by Gasteiger charge is 2.62. The summed E-state index contributed by atoms with van der Waals surface area (Å²) < 4.78 is 2.66. The predicted molar refractivity (Wildman–Crippen MR) is 237 cm³/mol. The van der Waals surface area contributed by atoms with E-state index >= 15 is 0 Å². The number of benzene rings is 8. The van der Waals surface area contributed by atoms with Gasteiger partial charge in [-0.1, -0.05) is 115 Å². The molecule has 3 aliphatic carbocycles. The van der Waals surface area contributed by atoms with Crippen LogP contribution in [-0.4, -0.2) is 0 Å². The molecule has 0 N–H and O–H groups in total. The lowest BCUT2D eigenvalue weighted by molar-refractivity contribution is 0.350. The van der Waals surface area contributed by atoms with Gasteiger partial charge in [-0.25, -0.2) is 0 Å². The average Bonchev–Trinajstić information content (AvgIpc) is 3.98. The predicted octanol–water partition coefficient (Wildman–Crippen LogP) is 14.6. The number of hydrogen-bond acceptors (Lipinski definition) is 3. The van der Waals surface area contributed by atoms with E-state index in [0.717, 1.165) is 12.8 Å². The molecule has 0 saturated heterocycles. The van der Waals surface area contributed by atoms with Crippen LogP contribution in [0.4, 0.5) is 34.1 Å². The molecular formula is C53H40N2S. The molecule has 1 fully saturated rings. The third-order valence-corrected chi connectivity index (χ3v) is 14.4. The van der Waals surface area contributed by atoms with Crippen LogP contribution in [-0.2, 0) is 18.3 Å². The first-order valence-corrected chi connectivity index (χ1v) is 20.9. The number of anilines is 6. The van der Waals surface area contributed by atoms with E-state index in [2.05, 4.69) is 192 Å². The van der Waals surface area contributed by atoms with Crippen LogP contribution in [0.25, 0.3) is 30.9 Å². The molecule has 2 nitrogen and oxygen atoms in total. The largest absolute Gasteiger partial charge is 0.310 e. The van der Waals surface area contributed by atoms with Crippen LogP contribution >= 0.6 is 11.3 Å². The van der Waals surface area contributed by atoms with E-state index in [-0.39, 0.29) is 5.41 Å². The van der Waals surface area contributed by atoms with Crippen molar-refractivity contribution in [1.29, 1.82) is 0 Å². The number of nitrogens with zero attached hydrogens (tertiary/aromatic N) is 2. The van der Waals surface area contributed by atoms with Gasteiger partial charge >= 0.3 is 0 Å². The maximum absolute atomic E-state index is 2.61. The van der Waals surface area contributed by atoms with Crippen LogP contribution in [0, 0.1) is 11.8 Å². The first kappa shape index (κ1) is 32.1. The van der Waals surface area contributed by atoms with Crippen molar-refractivity contribution >= 4 is 76.4 Å². The molecule has 0 amide bonds. The van der Waals surface area contributed by atoms with Crippen LogP contribution in [0.1, 0.15) is 35.1 Å². The summed E-state index contributed by atoms with van der Waals surface area (Å²) in [5.41, 5.74) is 13.5. The van der Waals surface area contributed by atoms with Crippen molar-refractivity contribution in [1.82, 2.24) is 0 Å². The molecular weight excluding hydrogens is 697 g/mol. The van der Waals surface area contributed by atoms with E-state index in [1.54, 1.807) is 11.1 Å². The molecule has 0 bridgehead atoms. The highest BCUT2D eigenvalue weighted by Crippen LogP contribution is 2.68. The number of rotatable bonds is 6. The summed E-state index contributed by atoms with van der Waals surface area (Å²) in [6, 6.07) is 68.2. The second-order valence-electron chi connectivity index (χ2n) is 16.0. The Morgan fingerprint density at radius 3 is 1.62 bits per heavy atom. The van der Waals surface area contributed by atoms with Gasteiger partial charge in [0.2, 0.25) is 0 Å². The third-order valence-electron chi connectivity index (χ3n) is 13.3. The summed E-state index contributed by atoms with van der Waals surface area (Å²) >= 11 is 1.90. The van der Waals surface area contributed by atoms with Crippen LogP contribution in [0.15, 0.2) is 182 Å². The van der Waals surface area contributed by atoms with Gasteiger partial charge in [-0.05, 0) is 137 Å². The van der Waals surface area contributed by atoms with Crippen LogP contribution in [0.2, 0.25) is 0 Å². The van der Waals surface area contributed by atoms with E-state index in [1.807, 2.05) is 11.3 Å². The summed E-state index contributed by atoms with van der Waals surface area (Å²) in [6.45, 7) is 0. The Hall–Kier alpha value is -6.16. The van der Waals surface area contributed by atoms with Crippen molar-refractivity contribution in [2.75, 3.05) is 9.80 Å². The van der Waals surface area contributed by atoms with E-state index in [9.17, 15) is 0 Å². The molecule has 12 rings (SSSR count). The molecule has 1 spiro atoms. The molecule has 3 unspecified atom stereocenters. The minimum absolute atomic E-state index is 0.101. The molecule has 3 aliphatic rings. The lowest BCUT2D eigenvalue weighted by atomic mass is 9.68. The lowest BCUT2D eigenvalue weighted by Crippen LogP contribution is -2.34. The van der Waals surface area contributed by atoms with Crippen LogP contribution in [0.5, 0.6) is 0 Å². The molecule has 3 atom stereocenters. The zero-order chi connectivity index (χ0) is 36.8. The van der Waals surface area contributed by atoms with Crippen molar-refractivity contribution < 1.29 is 0 Å². The van der Waals surface area contributed by atoms with E-state index in [1.165, 1.54) is 89.0 Å². The Labute approximate surface area is 331 Å². The molecule has 3 heteroatoms. The molecule has 9 aromatic rings. The number of thiophene rings is 1. The minimum Gasteiger partial charge on any atom is -0.310 e. The second-order valence-corrected chi connectivity index (χ2v) is 17.1. The molecule has 1 saturated carbocycles. The summed E-state index contributed by atoms with van der Waals surface area (Å²) in [5, 5.41) is 5.19. The smallest absolute Gasteiger partial charge is 0.0505 e. The first-order valence-electron chi connectivity index (χ1n) is 20.1. The highest BCUT2D eigenvalue weighted by atomic mass is 32.1. The highest BCUT2D eigenvalue weighted by molar-refractivity contribution is 7.25. The topological polar surface area (TPSA) is 6.48 Å². The Balaban J connectivity index is 1.13. The van der Waals surface area contributed by atoms with Gasteiger partial charge in [0, 0.05) is 48.3 Å². The van der Waals surface area contributed by atoms with Crippen LogP contribution in [0.3, 0.4) is 0 Å². The fraction of sp³-hybridized carbons (Fsp3) is 0.132. The SMILES string of the molecule is c1ccc(N(c2ccccc2)c2cccc3c2C24c5c(cccc5N(c5ccc6ccccc6c5)c5ccc6c(c5)sc5ccccc56)CC2CCC4C3)cc1. The van der Waals surface area contributed by atoms with Gasteiger partial charge < -0.3 is 9.80 Å². The first-order chi connectivity index (χ1) is 27.8. The quantitative estimate of drug-likeness (QED) is 0.168. The van der Waals surface area contributed by atoms with E-state index in [0.29, 0.717) is 11.8 Å². The Morgan fingerprint density at radius 2 is 0.946 bits per heavy atom. The normalized spacial score (nSPS) is 19.2. The molecule has 0 aliphatic heterocycles. The van der Waals surface area contributed by atoms with Crippen molar-refractivity contribution in [3.63, 3.8) is 0 Å². The van der Waals surface area contributed by atoms with Crippen LogP contribution < -0.4 is 9.80 Å². The van der Waals surface area contributed by atoms with Gasteiger partial charge in [0.05, 0.1) is 11.4 Å². The summed E-state index contributed by atoms with van der Waals surface area (Å²) in [7, 11) is 0. The molecule has 8 aromatic carbocycles. The van der Waals surface area contributed by atoms with Gasteiger partial charge in [-0.3, -0.25) is 0 Å². The number of para-hydroxylation sites is 2. The summed E-state index contributed by atoms with van der Waals surface area (Å²) in [4.78, 5) is 5.14. The van der Waals surface area contributed by atoms with Crippen molar-refractivity contribution in [3.05, 3.63) is 204 Å². The Morgan fingerprint density at radius 1 is 0.411 bits per heavy atom. The molecule has 0 radical (unpaired) electrons. The van der Waals surface area contributed by atoms with Gasteiger partial charge in [0.15, 0.2) is 0 Å². The number of fused-ring (bicyclic) bond motifs is 6. The second kappa shape index (κ2) is 12.4. The Kier molecular flexibility index (Phi) is 7.13. The number of hydrogen-bond donors (Lipinski definition) is 0. The fourth-order valence-electron chi connectivity index (χ4n) is 11.2.